The van der Waals surface area contributed by atoms with Crippen LogP contribution in [-0.4, -0.2) is 18.2 Å². The third kappa shape index (κ3) is 5.50. The van der Waals surface area contributed by atoms with Crippen molar-refractivity contribution in [2.24, 2.45) is 16.8 Å². The lowest BCUT2D eigenvalue weighted by Gasteiger charge is -2.34. The molecule has 4 heteroatoms. The molecule has 2 aliphatic carbocycles. The first-order chi connectivity index (χ1) is 9.33. The fraction of sp³-hybridized carbons (Fsp3) is 0.867. The molecule has 0 radical (unpaired) electrons. The molecule has 0 aromatic rings. The van der Waals surface area contributed by atoms with Gasteiger partial charge in [-0.05, 0) is 37.5 Å². The average Bonchev–Trinajstić information content (AvgIpc) is 2.47. The smallest absolute Gasteiger partial charge is 0.222 e. The van der Waals surface area contributed by atoms with E-state index in [1.807, 2.05) is 6.08 Å². The summed E-state index contributed by atoms with van der Waals surface area (Å²) >= 11 is 0. The Morgan fingerprint density at radius 3 is 1.53 bits per heavy atom. The number of carbonyl (C=O) groups excluding carboxylic acids is 2. The highest BCUT2D eigenvalue weighted by molar-refractivity contribution is 5.33. The fourth-order valence-electron chi connectivity index (χ4n) is 3.61. The Bertz CT molecular complexity index is 301. The van der Waals surface area contributed by atoms with Gasteiger partial charge in [0.25, 0.3) is 0 Å². The molecule has 4 nitrogen and oxygen atoms in total. The van der Waals surface area contributed by atoms with E-state index < -0.39 is 0 Å². The van der Waals surface area contributed by atoms with E-state index in [1.165, 1.54) is 64.2 Å². The van der Waals surface area contributed by atoms with E-state index in [4.69, 9.17) is 10.2 Å². The van der Waals surface area contributed by atoms with Gasteiger partial charge in [-0.15, -0.1) is 0 Å². The van der Waals surface area contributed by atoms with Gasteiger partial charge in [-0.1, -0.05) is 38.5 Å². The van der Waals surface area contributed by atoms with Crippen molar-refractivity contribution in [1.82, 2.24) is 0 Å². The molecule has 0 aromatic carbocycles. The largest absolute Gasteiger partial charge is 0.235 e. The van der Waals surface area contributed by atoms with E-state index in [-0.39, 0.29) is 0 Å². The number of nitrogens with zero attached hydrogens (tertiary/aromatic N) is 1. The van der Waals surface area contributed by atoms with E-state index in [0.29, 0.717) is 17.9 Å². The van der Waals surface area contributed by atoms with Crippen LogP contribution in [0.5, 0.6) is 0 Å². The van der Waals surface area contributed by atoms with Crippen molar-refractivity contribution < 1.29 is 9.59 Å². The quantitative estimate of drug-likeness (QED) is 0.623. The molecule has 2 fully saturated rings. The van der Waals surface area contributed by atoms with Gasteiger partial charge < -0.3 is 0 Å². The van der Waals surface area contributed by atoms with Crippen molar-refractivity contribution in [2.75, 3.05) is 0 Å². The maximum atomic E-state index is 10.6. The minimum atomic E-state index is 0.304. The molecule has 106 valence electrons. The zero-order chi connectivity index (χ0) is 13.9. The monoisotopic (exact) mass is 264 g/mol. The second-order valence-electron chi connectivity index (χ2n) is 5.61. The highest BCUT2D eigenvalue weighted by Crippen LogP contribution is 2.37. The van der Waals surface area contributed by atoms with Crippen LogP contribution in [0.15, 0.2) is 4.99 Å². The summed E-state index contributed by atoms with van der Waals surface area (Å²) in [5.74, 6) is 1.36. The van der Waals surface area contributed by atoms with Gasteiger partial charge in [0.05, 0.1) is 6.04 Å². The van der Waals surface area contributed by atoms with Gasteiger partial charge in [-0.3, -0.25) is 0 Å². The standard InChI is InChI=1S/C14H23NO.CHNO/c16-11-15-14(12-7-3-1-4-8-12)13-9-5-2-6-10-13;2-1-3/h12-14H,1-10H2;2H. The Morgan fingerprint density at radius 2 is 1.21 bits per heavy atom. The summed E-state index contributed by atoms with van der Waals surface area (Å²) in [6.45, 7) is 0. The van der Waals surface area contributed by atoms with Gasteiger partial charge in [0.2, 0.25) is 12.2 Å². The number of hydrogen-bond donors (Lipinski definition) is 1. The van der Waals surface area contributed by atoms with Crippen LogP contribution in [0.1, 0.15) is 64.2 Å². The molecule has 0 saturated heterocycles. The van der Waals surface area contributed by atoms with Crippen LogP contribution < -0.4 is 0 Å². The average molecular weight is 264 g/mol. The van der Waals surface area contributed by atoms with Crippen molar-refractivity contribution in [2.45, 2.75) is 70.3 Å². The summed E-state index contributed by atoms with van der Waals surface area (Å²) in [4.78, 5) is 23.1. The lowest BCUT2D eigenvalue weighted by molar-refractivity contribution is 0.206. The van der Waals surface area contributed by atoms with Crippen LogP contribution in [0.3, 0.4) is 0 Å². The first-order valence-electron chi connectivity index (χ1n) is 7.44. The SMILES string of the molecule is N=C=O.O=C=NC(C1CCCCC1)C1CCCCC1. The van der Waals surface area contributed by atoms with Crippen LogP contribution >= 0.6 is 0 Å². The molecule has 0 heterocycles. The van der Waals surface area contributed by atoms with E-state index in [2.05, 4.69) is 4.99 Å². The molecule has 2 rings (SSSR count). The summed E-state index contributed by atoms with van der Waals surface area (Å²) in [6, 6.07) is 0.304. The Morgan fingerprint density at radius 1 is 0.842 bits per heavy atom. The van der Waals surface area contributed by atoms with Gasteiger partial charge in [0.1, 0.15) is 0 Å². The summed E-state index contributed by atoms with van der Waals surface area (Å²) < 4.78 is 0. The minimum Gasteiger partial charge on any atom is -0.222 e. The maximum Gasteiger partial charge on any atom is 0.235 e. The van der Waals surface area contributed by atoms with Crippen molar-refractivity contribution in [3.8, 4) is 0 Å². The topological polar surface area (TPSA) is 70.3 Å². The molecule has 0 atom stereocenters. The Balaban J connectivity index is 0.000000550. The molecule has 1 N–H and O–H groups in total. The molecule has 19 heavy (non-hydrogen) atoms. The van der Waals surface area contributed by atoms with Crippen LogP contribution in [0, 0.1) is 17.2 Å². The fourth-order valence-corrected chi connectivity index (χ4v) is 3.61. The molecular weight excluding hydrogens is 240 g/mol. The Hall–Kier alpha value is -1.24. The Kier molecular flexibility index (Phi) is 8.04. The van der Waals surface area contributed by atoms with Crippen molar-refractivity contribution in [3.63, 3.8) is 0 Å². The third-order valence-corrected chi connectivity index (χ3v) is 4.47. The molecule has 0 aromatic heterocycles. The molecule has 0 aliphatic heterocycles. The summed E-state index contributed by atoms with van der Waals surface area (Å²) in [5, 5.41) is 5.40. The minimum absolute atomic E-state index is 0.304. The summed E-state index contributed by atoms with van der Waals surface area (Å²) in [5.41, 5.74) is 0. The number of rotatable bonds is 3. The van der Waals surface area contributed by atoms with Gasteiger partial charge in [-0.25, -0.2) is 20.0 Å². The first-order valence-corrected chi connectivity index (χ1v) is 7.44. The highest BCUT2D eigenvalue weighted by Gasteiger charge is 2.31. The third-order valence-electron chi connectivity index (χ3n) is 4.47. The number of nitrogens with one attached hydrogen (secondary N) is 1. The van der Waals surface area contributed by atoms with Crippen LogP contribution in [0.25, 0.3) is 0 Å². The van der Waals surface area contributed by atoms with Gasteiger partial charge in [0, 0.05) is 0 Å². The first kappa shape index (κ1) is 15.8. The summed E-state index contributed by atoms with van der Waals surface area (Å²) in [6.07, 6.45) is 15.8. The number of isocyanates is 2. The van der Waals surface area contributed by atoms with Crippen molar-refractivity contribution in [1.29, 1.82) is 5.41 Å². The zero-order valence-electron chi connectivity index (χ0n) is 11.6. The predicted octanol–water partition coefficient (Wildman–Crippen LogP) is 3.75. The van der Waals surface area contributed by atoms with E-state index in [9.17, 15) is 4.79 Å². The van der Waals surface area contributed by atoms with E-state index in [1.54, 1.807) is 0 Å². The lowest BCUT2D eigenvalue weighted by Crippen LogP contribution is -2.30. The number of aliphatic imine (C=N–C) groups is 1. The second kappa shape index (κ2) is 9.66. The van der Waals surface area contributed by atoms with Crippen LogP contribution in [0.4, 0.5) is 0 Å². The van der Waals surface area contributed by atoms with Gasteiger partial charge in [-0.2, -0.15) is 0 Å². The zero-order valence-corrected chi connectivity index (χ0v) is 11.6. The maximum absolute atomic E-state index is 10.6. The molecule has 2 aliphatic rings. The molecule has 0 unspecified atom stereocenters. The van der Waals surface area contributed by atoms with Crippen molar-refractivity contribution in [3.05, 3.63) is 0 Å². The van der Waals surface area contributed by atoms with Crippen LogP contribution in [-0.2, 0) is 9.59 Å². The van der Waals surface area contributed by atoms with E-state index >= 15 is 0 Å². The molecule has 0 bridgehead atoms. The summed E-state index contributed by atoms with van der Waals surface area (Å²) in [7, 11) is 0. The normalized spacial score (nSPS) is 20.9. The second-order valence-corrected chi connectivity index (χ2v) is 5.61. The molecular formula is C15H24N2O2. The lowest BCUT2D eigenvalue weighted by atomic mass is 9.74. The molecule has 0 amide bonds. The van der Waals surface area contributed by atoms with Gasteiger partial charge >= 0.3 is 0 Å². The molecule has 0 spiro atoms. The molecule has 2 saturated carbocycles. The highest BCUT2D eigenvalue weighted by atomic mass is 16.1. The van der Waals surface area contributed by atoms with Crippen LogP contribution in [0.2, 0.25) is 0 Å². The Labute approximate surface area is 115 Å². The van der Waals surface area contributed by atoms with Crippen molar-refractivity contribution >= 4 is 12.2 Å². The van der Waals surface area contributed by atoms with Gasteiger partial charge in [0.15, 0.2) is 0 Å². The number of hydrogen-bond acceptors (Lipinski definition) is 4. The predicted molar refractivity (Wildman–Crippen MR) is 73.5 cm³/mol. The van der Waals surface area contributed by atoms with E-state index in [0.717, 1.165) is 6.08 Å².